The Bertz CT molecular complexity index is 1470. The van der Waals surface area contributed by atoms with E-state index >= 15 is 0 Å². The van der Waals surface area contributed by atoms with Gasteiger partial charge in [-0.1, -0.05) is 80.4 Å². The van der Waals surface area contributed by atoms with Gasteiger partial charge in [0.05, 0.1) is 0 Å². The van der Waals surface area contributed by atoms with E-state index in [-0.39, 0.29) is 21.7 Å². The Balaban J connectivity index is 1.30. The summed E-state index contributed by atoms with van der Waals surface area (Å²) in [6, 6.07) is 5.30. The van der Waals surface area contributed by atoms with E-state index in [2.05, 4.69) is 95.2 Å². The van der Waals surface area contributed by atoms with Crippen LogP contribution in [-0.2, 0) is 10.8 Å². The van der Waals surface area contributed by atoms with Crippen LogP contribution in [0.2, 0.25) is 0 Å². The maximum Gasteiger partial charge on any atom is 0.0158 e. The van der Waals surface area contributed by atoms with Gasteiger partial charge in [-0.2, -0.15) is 0 Å². The van der Waals surface area contributed by atoms with E-state index < -0.39 is 0 Å². The van der Waals surface area contributed by atoms with Gasteiger partial charge in [0.2, 0.25) is 0 Å². The number of hydrogen-bond acceptors (Lipinski definition) is 0. The van der Waals surface area contributed by atoms with Gasteiger partial charge >= 0.3 is 0 Å². The summed E-state index contributed by atoms with van der Waals surface area (Å²) in [5.41, 5.74) is 26.6. The van der Waals surface area contributed by atoms with E-state index in [1.54, 1.807) is 89.1 Å². The number of benzene rings is 1. The third-order valence-corrected chi connectivity index (χ3v) is 11.4. The van der Waals surface area contributed by atoms with E-state index in [9.17, 15) is 0 Å². The predicted molar refractivity (Wildman–Crippen MR) is 163 cm³/mol. The van der Waals surface area contributed by atoms with E-state index in [0.717, 1.165) is 25.7 Å². The molecule has 198 valence electrons. The maximum absolute atomic E-state index is 2.65. The summed E-state index contributed by atoms with van der Waals surface area (Å²) in [4.78, 5) is 0. The molecule has 0 bridgehead atoms. The fourth-order valence-corrected chi connectivity index (χ4v) is 9.53. The largest absolute Gasteiger partial charge is 0.0572 e. The lowest BCUT2D eigenvalue weighted by Crippen LogP contribution is -2.21. The minimum atomic E-state index is 0.0713. The zero-order chi connectivity index (χ0) is 27.5. The molecule has 0 aliphatic heterocycles. The predicted octanol–water partition coefficient (Wildman–Crippen LogP) is 10.7. The SMILES string of the molecule is CC1=C(C(C)(C)C)CC2=C1CC1=C2C(C)(C)c2cc3c(cc21)C(C)(C)C1=C3CC2=C1CC(C(C)(C)C)=C2C. The molecule has 6 aliphatic rings. The van der Waals surface area contributed by atoms with Gasteiger partial charge in [0.1, 0.15) is 0 Å². The molecule has 1 aromatic rings. The van der Waals surface area contributed by atoms with Gasteiger partial charge in [0, 0.05) is 10.8 Å². The summed E-state index contributed by atoms with van der Waals surface area (Å²) < 4.78 is 0. The summed E-state index contributed by atoms with van der Waals surface area (Å²) in [5.74, 6) is 0. The molecule has 0 nitrogen and oxygen atoms in total. The fraction of sp³-hybridized carbons (Fsp3) is 0.526. The van der Waals surface area contributed by atoms with Gasteiger partial charge in [0.15, 0.2) is 0 Å². The van der Waals surface area contributed by atoms with Gasteiger partial charge < -0.3 is 0 Å². The Morgan fingerprint density at radius 2 is 0.842 bits per heavy atom. The highest BCUT2D eigenvalue weighted by Crippen LogP contribution is 2.65. The average molecular weight is 503 g/mol. The molecule has 0 unspecified atom stereocenters. The second kappa shape index (κ2) is 6.86. The van der Waals surface area contributed by atoms with Crippen LogP contribution in [-0.4, -0.2) is 0 Å². The van der Waals surface area contributed by atoms with Crippen LogP contribution >= 0.6 is 0 Å². The van der Waals surface area contributed by atoms with Gasteiger partial charge in [-0.05, 0) is 140 Å². The van der Waals surface area contributed by atoms with Crippen molar-refractivity contribution in [2.24, 2.45) is 10.8 Å². The number of rotatable bonds is 0. The Morgan fingerprint density at radius 3 is 1.16 bits per heavy atom. The summed E-state index contributed by atoms with van der Waals surface area (Å²) in [6.45, 7) is 29.2. The third-order valence-electron chi connectivity index (χ3n) is 11.4. The van der Waals surface area contributed by atoms with Crippen molar-refractivity contribution < 1.29 is 0 Å². The van der Waals surface area contributed by atoms with Crippen LogP contribution in [0, 0.1) is 10.8 Å². The van der Waals surface area contributed by atoms with Crippen molar-refractivity contribution in [1.29, 1.82) is 0 Å². The van der Waals surface area contributed by atoms with Gasteiger partial charge in [-0.3, -0.25) is 0 Å². The molecule has 0 spiro atoms. The van der Waals surface area contributed by atoms with E-state index in [4.69, 9.17) is 0 Å². The first kappa shape index (κ1) is 24.7. The number of fused-ring (bicyclic) bond motifs is 6. The molecule has 0 heterocycles. The Morgan fingerprint density at radius 1 is 0.500 bits per heavy atom. The second-order valence-corrected chi connectivity index (χ2v) is 16.2. The molecule has 38 heavy (non-hydrogen) atoms. The molecular formula is C38H46. The molecule has 0 amide bonds. The normalized spacial score (nSPS) is 24.7. The topological polar surface area (TPSA) is 0 Å². The first-order valence-electron chi connectivity index (χ1n) is 15.0. The van der Waals surface area contributed by atoms with Crippen molar-refractivity contribution in [3.63, 3.8) is 0 Å². The fourth-order valence-electron chi connectivity index (χ4n) is 9.53. The minimum Gasteiger partial charge on any atom is -0.0572 e. The highest BCUT2D eigenvalue weighted by molar-refractivity contribution is 5.96. The van der Waals surface area contributed by atoms with Gasteiger partial charge in [0.25, 0.3) is 0 Å². The smallest absolute Gasteiger partial charge is 0.0158 e. The zero-order valence-corrected chi connectivity index (χ0v) is 26.0. The molecule has 0 N–H and O–H groups in total. The lowest BCUT2D eigenvalue weighted by atomic mass is 9.74. The second-order valence-electron chi connectivity index (χ2n) is 16.2. The van der Waals surface area contributed by atoms with E-state index in [1.165, 1.54) is 0 Å². The molecule has 0 radical (unpaired) electrons. The lowest BCUT2D eigenvalue weighted by Gasteiger charge is -2.29. The first-order valence-corrected chi connectivity index (χ1v) is 15.0. The highest BCUT2D eigenvalue weighted by Gasteiger charge is 2.50. The van der Waals surface area contributed by atoms with Crippen LogP contribution in [0.15, 0.2) is 67.9 Å². The first-order chi connectivity index (χ1) is 17.5. The van der Waals surface area contributed by atoms with E-state index in [0.29, 0.717) is 0 Å². The third kappa shape index (κ3) is 2.78. The van der Waals surface area contributed by atoms with Crippen molar-refractivity contribution in [1.82, 2.24) is 0 Å². The summed E-state index contributed by atoms with van der Waals surface area (Å²) in [6.07, 6.45) is 4.57. The van der Waals surface area contributed by atoms with Crippen LogP contribution < -0.4 is 0 Å². The molecule has 0 aromatic heterocycles. The van der Waals surface area contributed by atoms with Crippen molar-refractivity contribution in [3.8, 4) is 0 Å². The summed E-state index contributed by atoms with van der Waals surface area (Å²) in [5, 5.41) is 0. The lowest BCUT2D eigenvalue weighted by molar-refractivity contribution is 0.489. The molecular weight excluding hydrogens is 456 g/mol. The maximum atomic E-state index is 2.65. The van der Waals surface area contributed by atoms with Crippen molar-refractivity contribution in [3.05, 3.63) is 90.1 Å². The molecule has 0 atom stereocenters. The van der Waals surface area contributed by atoms with Crippen LogP contribution in [0.4, 0.5) is 0 Å². The Hall–Kier alpha value is -2.34. The zero-order valence-electron chi connectivity index (χ0n) is 26.0. The monoisotopic (exact) mass is 502 g/mol. The van der Waals surface area contributed by atoms with Gasteiger partial charge in [-0.15, -0.1) is 0 Å². The van der Waals surface area contributed by atoms with Crippen LogP contribution in [0.25, 0.3) is 11.1 Å². The van der Waals surface area contributed by atoms with Crippen molar-refractivity contribution in [2.45, 2.75) is 120 Å². The molecule has 6 aliphatic carbocycles. The minimum absolute atomic E-state index is 0.0713. The highest BCUT2D eigenvalue weighted by atomic mass is 14.5. The van der Waals surface area contributed by atoms with Crippen molar-refractivity contribution >= 4 is 11.1 Å². The number of hydrogen-bond donors (Lipinski definition) is 0. The van der Waals surface area contributed by atoms with Crippen molar-refractivity contribution in [2.75, 3.05) is 0 Å². The quantitative estimate of drug-likeness (QED) is 0.331. The molecule has 0 saturated carbocycles. The molecule has 1 aromatic carbocycles. The average Bonchev–Trinajstić information content (AvgIpc) is 3.56. The Labute approximate surface area is 231 Å². The van der Waals surface area contributed by atoms with Crippen LogP contribution in [0.3, 0.4) is 0 Å². The summed E-state index contributed by atoms with van der Waals surface area (Å²) in [7, 11) is 0. The number of allylic oxidation sites excluding steroid dienone is 12. The molecule has 0 fully saturated rings. The Kier molecular flexibility index (Phi) is 4.46. The summed E-state index contributed by atoms with van der Waals surface area (Å²) >= 11 is 0. The van der Waals surface area contributed by atoms with Crippen LogP contribution in [0.1, 0.15) is 131 Å². The van der Waals surface area contributed by atoms with E-state index in [1.807, 2.05) is 0 Å². The standard InChI is InChI=1S/C38H46/c1-19-21-13-25-23-15-32-24(16-31(23)37(9,10)33(25)27(21)17-29(19)35(3,4)5)26-14-22-20(2)30(36(6,7)8)18-28(22)34(26)38(32,11)12/h15-16H,13-14,17-18H2,1-12H3. The van der Waals surface area contributed by atoms with Crippen LogP contribution in [0.5, 0.6) is 0 Å². The molecule has 7 rings (SSSR count). The molecule has 0 heteroatoms. The van der Waals surface area contributed by atoms with Gasteiger partial charge in [-0.25, -0.2) is 0 Å². The molecule has 0 saturated heterocycles.